The third kappa shape index (κ3) is 5.48. The largest absolute Gasteiger partial charge is 0.504 e. The minimum atomic E-state index is -0.0261. The fourth-order valence-electron chi connectivity index (χ4n) is 4.34. The predicted octanol–water partition coefficient (Wildman–Crippen LogP) is 4.71. The number of nitrogens with one attached hydrogen (secondary N) is 1. The number of aromatic hydroxyl groups is 1. The van der Waals surface area contributed by atoms with Gasteiger partial charge in [0.15, 0.2) is 11.5 Å². The van der Waals surface area contributed by atoms with Crippen LogP contribution in [0.15, 0.2) is 72.8 Å². The molecule has 0 bridgehead atoms. The molecule has 5 nitrogen and oxygen atoms in total. The Kier molecular flexibility index (Phi) is 7.07. The van der Waals surface area contributed by atoms with Crippen molar-refractivity contribution in [1.82, 2.24) is 10.2 Å². The van der Waals surface area contributed by atoms with Gasteiger partial charge in [-0.1, -0.05) is 48.5 Å². The number of hydrogen-bond acceptors (Lipinski definition) is 4. The molecule has 0 aromatic heterocycles. The lowest BCUT2D eigenvalue weighted by Gasteiger charge is -2.33. The number of benzene rings is 3. The smallest absolute Gasteiger partial charge is 0.251 e. The number of carbonyl (C=O) groups excluding carboxylic acids is 1. The van der Waals surface area contributed by atoms with E-state index in [1.54, 1.807) is 19.2 Å². The molecule has 5 heteroatoms. The van der Waals surface area contributed by atoms with Gasteiger partial charge in [-0.3, -0.25) is 9.69 Å². The Morgan fingerprint density at radius 1 is 1.06 bits per heavy atom. The SMILES string of the molecule is COc1ccc(CN2CCC[C@H](CNC(=O)c3ccc(-c4ccccc4)cc3)C2)cc1O. The molecule has 1 aliphatic heterocycles. The van der Waals surface area contributed by atoms with Crippen molar-refractivity contribution in [1.29, 1.82) is 0 Å². The van der Waals surface area contributed by atoms with Crippen molar-refractivity contribution in [2.45, 2.75) is 19.4 Å². The van der Waals surface area contributed by atoms with E-state index in [0.29, 0.717) is 23.8 Å². The summed E-state index contributed by atoms with van der Waals surface area (Å²) in [6.45, 7) is 3.41. The van der Waals surface area contributed by atoms with Gasteiger partial charge in [0.05, 0.1) is 7.11 Å². The molecule has 1 saturated heterocycles. The monoisotopic (exact) mass is 430 g/mol. The molecule has 2 N–H and O–H groups in total. The average molecular weight is 431 g/mol. The Morgan fingerprint density at radius 2 is 1.81 bits per heavy atom. The Hall–Kier alpha value is -3.31. The zero-order valence-electron chi connectivity index (χ0n) is 18.5. The number of piperidine rings is 1. The number of methoxy groups -OCH3 is 1. The molecule has 3 aromatic rings. The van der Waals surface area contributed by atoms with Crippen LogP contribution in [-0.4, -0.2) is 42.7 Å². The molecular weight excluding hydrogens is 400 g/mol. The van der Waals surface area contributed by atoms with Crippen LogP contribution in [-0.2, 0) is 6.54 Å². The van der Waals surface area contributed by atoms with E-state index in [-0.39, 0.29) is 11.7 Å². The number of likely N-dealkylation sites (tertiary alicyclic amines) is 1. The van der Waals surface area contributed by atoms with E-state index in [0.717, 1.165) is 49.2 Å². The third-order valence-corrected chi connectivity index (χ3v) is 6.06. The zero-order valence-corrected chi connectivity index (χ0v) is 18.5. The van der Waals surface area contributed by atoms with E-state index in [9.17, 15) is 9.90 Å². The second kappa shape index (κ2) is 10.3. The predicted molar refractivity (Wildman–Crippen MR) is 127 cm³/mol. The average Bonchev–Trinajstić information content (AvgIpc) is 2.83. The molecule has 0 spiro atoms. The lowest BCUT2D eigenvalue weighted by molar-refractivity contribution is 0.0930. The van der Waals surface area contributed by atoms with Gasteiger partial charge < -0.3 is 15.2 Å². The van der Waals surface area contributed by atoms with E-state index in [4.69, 9.17) is 4.74 Å². The maximum absolute atomic E-state index is 12.6. The first kappa shape index (κ1) is 21.9. The Bertz CT molecular complexity index is 1030. The topological polar surface area (TPSA) is 61.8 Å². The Labute approximate surface area is 189 Å². The fraction of sp³-hybridized carbons (Fsp3) is 0.296. The first-order valence-corrected chi connectivity index (χ1v) is 11.1. The molecule has 1 amide bonds. The summed E-state index contributed by atoms with van der Waals surface area (Å²) in [5, 5.41) is 13.1. The minimum absolute atomic E-state index is 0.0261. The zero-order chi connectivity index (χ0) is 22.3. The van der Waals surface area contributed by atoms with Gasteiger partial charge in [0.1, 0.15) is 0 Å². The summed E-state index contributed by atoms with van der Waals surface area (Å²) in [5.74, 6) is 1.05. The summed E-state index contributed by atoms with van der Waals surface area (Å²) >= 11 is 0. The molecule has 3 aromatic carbocycles. The van der Waals surface area contributed by atoms with Gasteiger partial charge in [0.25, 0.3) is 5.91 Å². The standard InChI is InChI=1S/C27H30N2O3/c1-32-26-14-9-20(16-25(26)30)18-29-15-5-6-21(19-29)17-28-27(31)24-12-10-23(11-13-24)22-7-3-2-4-8-22/h2-4,7-14,16,21,30H,5-6,15,17-19H2,1H3,(H,28,31)/t21-/m1/s1. The first-order chi connectivity index (χ1) is 15.6. The second-order valence-corrected chi connectivity index (χ2v) is 8.40. The molecule has 1 fully saturated rings. The van der Waals surface area contributed by atoms with Crippen LogP contribution in [0.4, 0.5) is 0 Å². The molecule has 0 radical (unpaired) electrons. The molecule has 1 atom stereocenters. The van der Waals surface area contributed by atoms with Crippen LogP contribution in [0, 0.1) is 5.92 Å². The molecule has 0 unspecified atom stereocenters. The number of hydrogen-bond donors (Lipinski definition) is 2. The number of ether oxygens (including phenoxy) is 1. The summed E-state index contributed by atoms with van der Waals surface area (Å²) in [6.07, 6.45) is 2.21. The fourth-order valence-corrected chi connectivity index (χ4v) is 4.34. The highest BCUT2D eigenvalue weighted by Gasteiger charge is 2.21. The normalized spacial score (nSPS) is 16.5. The van der Waals surface area contributed by atoms with E-state index in [1.807, 2.05) is 48.5 Å². The van der Waals surface area contributed by atoms with Crippen molar-refractivity contribution in [3.05, 3.63) is 83.9 Å². The number of carbonyl (C=O) groups is 1. The number of phenols is 1. The second-order valence-electron chi connectivity index (χ2n) is 8.40. The highest BCUT2D eigenvalue weighted by molar-refractivity contribution is 5.94. The lowest BCUT2D eigenvalue weighted by Crippen LogP contribution is -2.40. The molecule has 32 heavy (non-hydrogen) atoms. The quantitative estimate of drug-likeness (QED) is 0.570. The summed E-state index contributed by atoms with van der Waals surface area (Å²) < 4.78 is 5.12. The highest BCUT2D eigenvalue weighted by atomic mass is 16.5. The molecule has 166 valence electrons. The highest BCUT2D eigenvalue weighted by Crippen LogP contribution is 2.27. The molecule has 1 aliphatic rings. The van der Waals surface area contributed by atoms with Crippen LogP contribution in [0.25, 0.3) is 11.1 Å². The summed E-state index contributed by atoms with van der Waals surface area (Å²) in [6, 6.07) is 23.5. The van der Waals surface area contributed by atoms with E-state index in [1.165, 1.54) is 0 Å². The van der Waals surface area contributed by atoms with E-state index >= 15 is 0 Å². The van der Waals surface area contributed by atoms with Crippen LogP contribution in [0.5, 0.6) is 11.5 Å². The van der Waals surface area contributed by atoms with Crippen molar-refractivity contribution in [3.63, 3.8) is 0 Å². The number of amides is 1. The van der Waals surface area contributed by atoms with Gasteiger partial charge in [0, 0.05) is 25.2 Å². The first-order valence-electron chi connectivity index (χ1n) is 11.1. The molecule has 0 saturated carbocycles. The number of nitrogens with zero attached hydrogens (tertiary/aromatic N) is 1. The summed E-state index contributed by atoms with van der Waals surface area (Å²) in [4.78, 5) is 15.0. The van der Waals surface area contributed by atoms with Gasteiger partial charge in [0.2, 0.25) is 0 Å². The molecule has 4 rings (SSSR count). The Morgan fingerprint density at radius 3 is 2.53 bits per heavy atom. The Balaban J connectivity index is 1.29. The number of rotatable bonds is 7. The van der Waals surface area contributed by atoms with E-state index in [2.05, 4.69) is 22.3 Å². The lowest BCUT2D eigenvalue weighted by atomic mass is 9.97. The minimum Gasteiger partial charge on any atom is -0.504 e. The summed E-state index contributed by atoms with van der Waals surface area (Å²) in [7, 11) is 1.55. The van der Waals surface area contributed by atoms with Gasteiger partial charge >= 0.3 is 0 Å². The molecule has 1 heterocycles. The van der Waals surface area contributed by atoms with Gasteiger partial charge in [-0.15, -0.1) is 0 Å². The van der Waals surface area contributed by atoms with Crippen LogP contribution < -0.4 is 10.1 Å². The van der Waals surface area contributed by atoms with Crippen molar-refractivity contribution >= 4 is 5.91 Å². The third-order valence-electron chi connectivity index (χ3n) is 6.06. The maximum Gasteiger partial charge on any atom is 0.251 e. The van der Waals surface area contributed by atoms with Gasteiger partial charge in [-0.25, -0.2) is 0 Å². The van der Waals surface area contributed by atoms with Crippen molar-refractivity contribution in [3.8, 4) is 22.6 Å². The summed E-state index contributed by atoms with van der Waals surface area (Å²) in [5.41, 5.74) is 4.00. The van der Waals surface area contributed by atoms with Crippen molar-refractivity contribution < 1.29 is 14.6 Å². The van der Waals surface area contributed by atoms with Crippen LogP contribution in [0.1, 0.15) is 28.8 Å². The molecule has 0 aliphatic carbocycles. The van der Waals surface area contributed by atoms with Crippen LogP contribution in [0.2, 0.25) is 0 Å². The molecular formula is C27H30N2O3. The van der Waals surface area contributed by atoms with Gasteiger partial charge in [-0.05, 0) is 66.3 Å². The van der Waals surface area contributed by atoms with Crippen LogP contribution >= 0.6 is 0 Å². The van der Waals surface area contributed by atoms with Gasteiger partial charge in [-0.2, -0.15) is 0 Å². The van der Waals surface area contributed by atoms with Crippen LogP contribution in [0.3, 0.4) is 0 Å². The number of phenolic OH excluding ortho intramolecular Hbond substituents is 1. The van der Waals surface area contributed by atoms with Crippen molar-refractivity contribution in [2.75, 3.05) is 26.7 Å². The van der Waals surface area contributed by atoms with Crippen molar-refractivity contribution in [2.24, 2.45) is 5.92 Å². The maximum atomic E-state index is 12.6. The van der Waals surface area contributed by atoms with E-state index < -0.39 is 0 Å².